The van der Waals surface area contributed by atoms with E-state index in [0.717, 1.165) is 13.0 Å². The summed E-state index contributed by atoms with van der Waals surface area (Å²) < 4.78 is 0. The number of carbonyl (C=O) groups excluding carboxylic acids is 2. The van der Waals surface area contributed by atoms with E-state index in [4.69, 9.17) is 23.2 Å². The third-order valence-corrected chi connectivity index (χ3v) is 3.93. The van der Waals surface area contributed by atoms with E-state index in [9.17, 15) is 9.59 Å². The smallest absolute Gasteiger partial charge is 0.239 e. The van der Waals surface area contributed by atoms with Crippen molar-refractivity contribution in [2.75, 3.05) is 32.5 Å². The number of nitrogens with zero attached hydrogens (tertiary/aromatic N) is 1. The summed E-state index contributed by atoms with van der Waals surface area (Å²) in [5, 5.41) is 6.26. The molecule has 7 heteroatoms. The molecule has 23 heavy (non-hydrogen) atoms. The van der Waals surface area contributed by atoms with Crippen molar-refractivity contribution in [3.05, 3.63) is 28.2 Å². The van der Waals surface area contributed by atoms with Crippen LogP contribution in [0.15, 0.2) is 18.2 Å². The summed E-state index contributed by atoms with van der Waals surface area (Å²) in [6.45, 7) is 4.55. The Balaban J connectivity index is 2.63. The lowest BCUT2D eigenvalue weighted by Gasteiger charge is -2.23. The molecular formula is C16H23Cl2N3O2. The largest absolute Gasteiger partial charge is 0.355 e. The number of halogens is 2. The first kappa shape index (κ1) is 19.7. The lowest BCUT2D eigenvalue weighted by atomic mass is 9.91. The van der Waals surface area contributed by atoms with Gasteiger partial charge in [-0.2, -0.15) is 0 Å². The quantitative estimate of drug-likeness (QED) is 0.580. The summed E-state index contributed by atoms with van der Waals surface area (Å²) in [6.07, 6.45) is 0.819. The van der Waals surface area contributed by atoms with Crippen molar-refractivity contribution in [1.29, 1.82) is 0 Å². The van der Waals surface area contributed by atoms with Crippen molar-refractivity contribution in [3.8, 4) is 0 Å². The second-order valence-corrected chi connectivity index (χ2v) is 6.96. The number of hydrogen-bond acceptors (Lipinski definition) is 3. The van der Waals surface area contributed by atoms with Crippen LogP contribution in [0, 0.1) is 5.41 Å². The van der Waals surface area contributed by atoms with Crippen LogP contribution in [0.3, 0.4) is 0 Å². The van der Waals surface area contributed by atoms with Gasteiger partial charge in [-0.1, -0.05) is 23.2 Å². The Morgan fingerprint density at radius 1 is 1.17 bits per heavy atom. The molecule has 0 aliphatic heterocycles. The second kappa shape index (κ2) is 8.52. The molecule has 0 saturated carbocycles. The van der Waals surface area contributed by atoms with Crippen LogP contribution >= 0.6 is 23.2 Å². The van der Waals surface area contributed by atoms with Gasteiger partial charge in [-0.15, -0.1) is 0 Å². The molecule has 1 aromatic rings. The summed E-state index contributed by atoms with van der Waals surface area (Å²) in [4.78, 5) is 26.7. The third-order valence-electron chi connectivity index (χ3n) is 3.38. The van der Waals surface area contributed by atoms with Gasteiger partial charge in [0.25, 0.3) is 0 Å². The summed E-state index contributed by atoms with van der Waals surface area (Å²) in [7, 11) is 3.93. The first-order valence-corrected chi connectivity index (χ1v) is 8.09. The molecule has 128 valence electrons. The minimum Gasteiger partial charge on any atom is -0.355 e. The zero-order valence-electron chi connectivity index (χ0n) is 13.9. The van der Waals surface area contributed by atoms with Gasteiger partial charge in [0.05, 0.1) is 10.7 Å². The summed E-state index contributed by atoms with van der Waals surface area (Å²) in [6, 6.07) is 4.76. The van der Waals surface area contributed by atoms with E-state index >= 15 is 0 Å². The van der Waals surface area contributed by atoms with Gasteiger partial charge in [0.2, 0.25) is 11.8 Å². The van der Waals surface area contributed by atoms with Gasteiger partial charge in [-0.3, -0.25) is 9.59 Å². The first-order valence-electron chi connectivity index (χ1n) is 7.34. The van der Waals surface area contributed by atoms with E-state index in [1.54, 1.807) is 26.0 Å². The van der Waals surface area contributed by atoms with Crippen LogP contribution in [0.5, 0.6) is 0 Å². The minimum atomic E-state index is -1.21. The van der Waals surface area contributed by atoms with Crippen LogP contribution in [0.2, 0.25) is 10.0 Å². The van der Waals surface area contributed by atoms with Crippen LogP contribution in [0.4, 0.5) is 5.69 Å². The maximum atomic E-state index is 12.4. The van der Waals surface area contributed by atoms with Gasteiger partial charge in [0.15, 0.2) is 0 Å². The molecule has 0 bridgehead atoms. The zero-order chi connectivity index (χ0) is 17.6. The standard InChI is InChI=1S/C16H23Cl2N3O2/c1-16(2,14(22)19-8-5-9-21(3)4)15(23)20-13-7-6-11(17)10-12(13)18/h6-7,10H,5,8-9H2,1-4H3,(H,19,22)(H,20,23). The molecular weight excluding hydrogens is 337 g/mol. The average Bonchev–Trinajstić information content (AvgIpc) is 2.45. The minimum absolute atomic E-state index is 0.321. The topological polar surface area (TPSA) is 61.4 Å². The molecule has 2 amide bonds. The predicted molar refractivity (Wildman–Crippen MR) is 95.1 cm³/mol. The molecule has 0 unspecified atom stereocenters. The van der Waals surface area contributed by atoms with Crippen molar-refractivity contribution >= 4 is 40.7 Å². The van der Waals surface area contributed by atoms with Crippen molar-refractivity contribution in [3.63, 3.8) is 0 Å². The molecule has 5 nitrogen and oxygen atoms in total. The van der Waals surface area contributed by atoms with Gasteiger partial charge in [0.1, 0.15) is 5.41 Å². The lowest BCUT2D eigenvalue weighted by molar-refractivity contribution is -0.138. The van der Waals surface area contributed by atoms with Crippen molar-refractivity contribution in [2.24, 2.45) is 5.41 Å². The van der Waals surface area contributed by atoms with Gasteiger partial charge >= 0.3 is 0 Å². The molecule has 2 N–H and O–H groups in total. The summed E-state index contributed by atoms with van der Waals surface area (Å²) >= 11 is 11.9. The lowest BCUT2D eigenvalue weighted by Crippen LogP contribution is -2.45. The number of nitrogens with one attached hydrogen (secondary N) is 2. The Hall–Kier alpha value is -1.30. The SMILES string of the molecule is CN(C)CCCNC(=O)C(C)(C)C(=O)Nc1ccc(Cl)cc1Cl. The van der Waals surface area contributed by atoms with Crippen molar-refractivity contribution in [1.82, 2.24) is 10.2 Å². The Labute approximate surface area is 147 Å². The van der Waals surface area contributed by atoms with Crippen LogP contribution in [-0.2, 0) is 9.59 Å². The monoisotopic (exact) mass is 359 g/mol. The number of carbonyl (C=O) groups is 2. The Morgan fingerprint density at radius 2 is 1.83 bits per heavy atom. The molecule has 0 fully saturated rings. The molecule has 0 heterocycles. The summed E-state index contributed by atoms with van der Waals surface area (Å²) in [5.74, 6) is -0.745. The third kappa shape index (κ3) is 6.01. The number of hydrogen-bond donors (Lipinski definition) is 2. The van der Waals surface area contributed by atoms with Crippen molar-refractivity contribution in [2.45, 2.75) is 20.3 Å². The van der Waals surface area contributed by atoms with Crippen LogP contribution < -0.4 is 10.6 Å². The maximum absolute atomic E-state index is 12.4. The highest BCUT2D eigenvalue weighted by Crippen LogP contribution is 2.27. The molecule has 1 rings (SSSR count). The van der Waals surface area contributed by atoms with E-state index < -0.39 is 11.3 Å². The Kier molecular flexibility index (Phi) is 7.32. The molecule has 0 radical (unpaired) electrons. The van der Waals surface area contributed by atoms with Gasteiger partial charge in [0, 0.05) is 11.6 Å². The van der Waals surface area contributed by atoms with Crippen molar-refractivity contribution < 1.29 is 9.59 Å². The van der Waals surface area contributed by atoms with Crippen LogP contribution in [0.1, 0.15) is 20.3 Å². The Bertz CT molecular complexity index is 574. The van der Waals surface area contributed by atoms with Crippen LogP contribution in [0.25, 0.3) is 0 Å². The molecule has 0 aromatic heterocycles. The van der Waals surface area contributed by atoms with Gasteiger partial charge < -0.3 is 15.5 Å². The second-order valence-electron chi connectivity index (χ2n) is 6.12. The zero-order valence-corrected chi connectivity index (χ0v) is 15.4. The highest BCUT2D eigenvalue weighted by molar-refractivity contribution is 6.36. The fraction of sp³-hybridized carbons (Fsp3) is 0.500. The molecule has 0 aliphatic carbocycles. The molecule has 0 spiro atoms. The van der Waals surface area contributed by atoms with E-state index in [2.05, 4.69) is 10.6 Å². The normalized spacial score (nSPS) is 11.4. The Morgan fingerprint density at radius 3 is 2.39 bits per heavy atom. The highest BCUT2D eigenvalue weighted by atomic mass is 35.5. The maximum Gasteiger partial charge on any atom is 0.239 e. The first-order chi connectivity index (χ1) is 10.6. The molecule has 1 aromatic carbocycles. The van der Waals surface area contributed by atoms with Crippen LogP contribution in [-0.4, -0.2) is 43.9 Å². The van der Waals surface area contributed by atoms with E-state index in [0.29, 0.717) is 22.3 Å². The fourth-order valence-electron chi connectivity index (χ4n) is 1.79. The number of rotatable bonds is 7. The van der Waals surface area contributed by atoms with Gasteiger partial charge in [-0.05, 0) is 59.1 Å². The predicted octanol–water partition coefficient (Wildman–Crippen LogP) is 3.03. The number of anilines is 1. The van der Waals surface area contributed by atoms with E-state index in [-0.39, 0.29) is 5.91 Å². The number of benzene rings is 1. The average molecular weight is 360 g/mol. The molecule has 0 atom stereocenters. The van der Waals surface area contributed by atoms with E-state index in [1.165, 1.54) is 6.07 Å². The highest BCUT2D eigenvalue weighted by Gasteiger charge is 2.36. The summed E-state index contributed by atoms with van der Waals surface area (Å²) in [5.41, 5.74) is -0.782. The van der Waals surface area contributed by atoms with E-state index in [1.807, 2.05) is 19.0 Å². The van der Waals surface area contributed by atoms with Gasteiger partial charge in [-0.25, -0.2) is 0 Å². The number of amides is 2. The molecule has 0 aliphatic rings. The molecule has 0 saturated heterocycles. The fourth-order valence-corrected chi connectivity index (χ4v) is 2.25.